The lowest BCUT2D eigenvalue weighted by molar-refractivity contribution is -0.119. The van der Waals surface area contributed by atoms with E-state index in [2.05, 4.69) is 4.98 Å². The van der Waals surface area contributed by atoms with E-state index >= 15 is 0 Å². The average molecular weight is 258 g/mol. The molecule has 1 heterocycles. The highest BCUT2D eigenvalue weighted by Crippen LogP contribution is 2.36. The maximum Gasteiger partial charge on any atom is 0.337 e. The number of benzene rings is 1. The number of carbonyl (C=O) groups is 2. The van der Waals surface area contributed by atoms with Gasteiger partial charge in [-0.1, -0.05) is 12.1 Å². The van der Waals surface area contributed by atoms with Crippen molar-refractivity contribution in [1.29, 1.82) is 0 Å². The van der Waals surface area contributed by atoms with E-state index in [1.54, 1.807) is 12.1 Å². The second-order valence-corrected chi connectivity index (χ2v) is 4.90. The first-order valence-corrected chi connectivity index (χ1v) is 6.25. The lowest BCUT2D eigenvalue weighted by Gasteiger charge is -2.19. The van der Waals surface area contributed by atoms with Crippen molar-refractivity contribution in [2.24, 2.45) is 5.73 Å². The van der Waals surface area contributed by atoms with Gasteiger partial charge in [0, 0.05) is 11.1 Å². The molecule has 1 aromatic carbocycles. The summed E-state index contributed by atoms with van der Waals surface area (Å²) in [5, 5.41) is 10.1. The van der Waals surface area contributed by atoms with Crippen LogP contribution in [-0.2, 0) is 11.2 Å². The number of H-pyrrole nitrogens is 1. The Bertz CT molecular complexity index is 687. The molecule has 4 N–H and O–H groups in total. The highest BCUT2D eigenvalue weighted by molar-refractivity contribution is 6.04. The predicted molar refractivity (Wildman–Crippen MR) is 70.1 cm³/mol. The molecule has 0 radical (unpaired) electrons. The van der Waals surface area contributed by atoms with Gasteiger partial charge in [-0.05, 0) is 30.9 Å². The van der Waals surface area contributed by atoms with E-state index in [1.807, 2.05) is 6.07 Å². The molecule has 0 fully saturated rings. The molecule has 0 spiro atoms. The van der Waals surface area contributed by atoms with Crippen LogP contribution in [0, 0.1) is 0 Å². The third-order valence-corrected chi connectivity index (χ3v) is 3.82. The summed E-state index contributed by atoms with van der Waals surface area (Å²) in [5.74, 6) is -1.66. The SMILES string of the molecule is NC(=O)[C@H]1CCCc2c1[nH]c1c(C(=O)O)cccc21. The van der Waals surface area contributed by atoms with Crippen LogP contribution < -0.4 is 5.73 Å². The Morgan fingerprint density at radius 2 is 2.16 bits per heavy atom. The Labute approximate surface area is 109 Å². The Morgan fingerprint density at radius 3 is 2.84 bits per heavy atom. The molecule has 0 aliphatic heterocycles. The van der Waals surface area contributed by atoms with Crippen LogP contribution in [0.15, 0.2) is 18.2 Å². The molecule has 1 aliphatic carbocycles. The van der Waals surface area contributed by atoms with Crippen molar-refractivity contribution in [3.8, 4) is 0 Å². The number of rotatable bonds is 2. The summed E-state index contributed by atoms with van der Waals surface area (Å²) >= 11 is 0. The van der Waals surface area contributed by atoms with Crippen molar-refractivity contribution < 1.29 is 14.7 Å². The van der Waals surface area contributed by atoms with Crippen LogP contribution >= 0.6 is 0 Å². The standard InChI is InChI=1S/C14H14N2O3/c15-13(17)9-5-1-3-7-8-4-2-6-10(14(18)19)12(8)16-11(7)9/h2,4,6,9,16H,1,3,5H2,(H2,15,17)(H,18,19)/t9-/m0/s1. The number of aromatic carboxylic acids is 1. The topological polar surface area (TPSA) is 96.2 Å². The molecule has 0 saturated heterocycles. The van der Waals surface area contributed by atoms with Crippen LogP contribution in [0.1, 0.15) is 40.4 Å². The minimum absolute atomic E-state index is 0.232. The first-order chi connectivity index (χ1) is 9.09. The third-order valence-electron chi connectivity index (χ3n) is 3.82. The molecule has 0 unspecified atom stereocenters. The maximum absolute atomic E-state index is 11.5. The average Bonchev–Trinajstić information content (AvgIpc) is 2.76. The number of carboxylic acids is 1. The fourth-order valence-corrected chi connectivity index (χ4v) is 2.95. The summed E-state index contributed by atoms with van der Waals surface area (Å²) in [7, 11) is 0. The number of para-hydroxylation sites is 1. The van der Waals surface area contributed by atoms with E-state index in [1.165, 1.54) is 0 Å². The maximum atomic E-state index is 11.5. The first-order valence-electron chi connectivity index (χ1n) is 6.25. The van der Waals surface area contributed by atoms with Gasteiger partial charge < -0.3 is 15.8 Å². The Hall–Kier alpha value is -2.30. The number of aromatic nitrogens is 1. The molecule has 1 amide bonds. The van der Waals surface area contributed by atoms with Gasteiger partial charge in [0.25, 0.3) is 0 Å². The second-order valence-electron chi connectivity index (χ2n) is 4.90. The van der Waals surface area contributed by atoms with Crippen LogP contribution in [0.4, 0.5) is 0 Å². The zero-order chi connectivity index (χ0) is 13.6. The van der Waals surface area contributed by atoms with Crippen LogP contribution in [0.5, 0.6) is 0 Å². The molecule has 98 valence electrons. The first kappa shape index (κ1) is 11.8. The largest absolute Gasteiger partial charge is 0.478 e. The van der Waals surface area contributed by atoms with E-state index in [4.69, 9.17) is 5.73 Å². The van der Waals surface area contributed by atoms with Crippen molar-refractivity contribution in [1.82, 2.24) is 4.98 Å². The minimum atomic E-state index is -0.972. The van der Waals surface area contributed by atoms with E-state index in [0.29, 0.717) is 5.52 Å². The number of hydrogen-bond donors (Lipinski definition) is 3. The predicted octanol–water partition coefficient (Wildman–Crippen LogP) is 1.77. The Balaban J connectivity index is 2.29. The number of hydrogen-bond acceptors (Lipinski definition) is 2. The Morgan fingerprint density at radius 1 is 1.37 bits per heavy atom. The van der Waals surface area contributed by atoms with E-state index in [9.17, 15) is 14.7 Å². The summed E-state index contributed by atoms with van der Waals surface area (Å²) in [6, 6.07) is 5.18. The van der Waals surface area contributed by atoms with Gasteiger partial charge in [0.1, 0.15) is 0 Å². The lowest BCUT2D eigenvalue weighted by Crippen LogP contribution is -2.24. The van der Waals surface area contributed by atoms with Crippen molar-refractivity contribution >= 4 is 22.8 Å². The summed E-state index contributed by atoms with van der Waals surface area (Å²) in [4.78, 5) is 25.8. The van der Waals surface area contributed by atoms with Gasteiger partial charge in [-0.2, -0.15) is 0 Å². The lowest BCUT2D eigenvalue weighted by atomic mass is 9.86. The number of carboxylic acid groups (broad SMARTS) is 1. The molecule has 5 nitrogen and oxygen atoms in total. The van der Waals surface area contributed by atoms with Crippen molar-refractivity contribution in [3.05, 3.63) is 35.0 Å². The molecule has 1 atom stereocenters. The molecule has 1 aromatic heterocycles. The van der Waals surface area contributed by atoms with Crippen LogP contribution in [0.2, 0.25) is 0 Å². The number of primary amides is 1. The summed E-state index contributed by atoms with van der Waals surface area (Å²) in [6.07, 6.45) is 2.46. The zero-order valence-electron chi connectivity index (χ0n) is 10.3. The molecule has 1 aliphatic rings. The van der Waals surface area contributed by atoms with Crippen LogP contribution in [-0.4, -0.2) is 22.0 Å². The molecular weight excluding hydrogens is 244 g/mol. The third kappa shape index (κ3) is 1.69. The highest BCUT2D eigenvalue weighted by Gasteiger charge is 2.29. The number of fused-ring (bicyclic) bond motifs is 3. The number of nitrogens with one attached hydrogen (secondary N) is 1. The fraction of sp³-hybridized carbons (Fsp3) is 0.286. The minimum Gasteiger partial charge on any atom is -0.478 e. The van der Waals surface area contributed by atoms with E-state index < -0.39 is 5.97 Å². The smallest absolute Gasteiger partial charge is 0.337 e. The van der Waals surface area contributed by atoms with Crippen molar-refractivity contribution in [3.63, 3.8) is 0 Å². The number of amides is 1. The number of aryl methyl sites for hydroxylation is 1. The molecule has 5 heteroatoms. The van der Waals surface area contributed by atoms with Gasteiger partial charge >= 0.3 is 5.97 Å². The van der Waals surface area contributed by atoms with E-state index in [-0.39, 0.29) is 17.4 Å². The van der Waals surface area contributed by atoms with Gasteiger partial charge in [-0.3, -0.25) is 4.79 Å². The molecule has 0 saturated carbocycles. The number of nitrogens with two attached hydrogens (primary N) is 1. The van der Waals surface area contributed by atoms with Crippen LogP contribution in [0.25, 0.3) is 10.9 Å². The summed E-state index contributed by atoms with van der Waals surface area (Å²) in [6.45, 7) is 0. The Kier molecular flexibility index (Phi) is 2.55. The van der Waals surface area contributed by atoms with Gasteiger partial charge in [0.15, 0.2) is 0 Å². The molecular formula is C14H14N2O3. The zero-order valence-corrected chi connectivity index (χ0v) is 10.3. The summed E-state index contributed by atoms with van der Waals surface area (Å²) in [5.41, 5.74) is 8.08. The van der Waals surface area contributed by atoms with Crippen molar-refractivity contribution in [2.45, 2.75) is 25.2 Å². The van der Waals surface area contributed by atoms with Gasteiger partial charge in [-0.15, -0.1) is 0 Å². The normalized spacial score (nSPS) is 18.2. The molecule has 0 bridgehead atoms. The monoisotopic (exact) mass is 258 g/mol. The van der Waals surface area contributed by atoms with Gasteiger partial charge in [0.05, 0.1) is 17.0 Å². The molecule has 2 aromatic rings. The van der Waals surface area contributed by atoms with Crippen molar-refractivity contribution in [2.75, 3.05) is 0 Å². The van der Waals surface area contributed by atoms with E-state index in [0.717, 1.165) is 35.9 Å². The van der Waals surface area contributed by atoms with Gasteiger partial charge in [0.2, 0.25) is 5.91 Å². The fourth-order valence-electron chi connectivity index (χ4n) is 2.95. The van der Waals surface area contributed by atoms with Crippen LogP contribution in [0.3, 0.4) is 0 Å². The summed E-state index contributed by atoms with van der Waals surface area (Å²) < 4.78 is 0. The number of aromatic amines is 1. The van der Waals surface area contributed by atoms with Gasteiger partial charge in [-0.25, -0.2) is 4.79 Å². The number of carbonyl (C=O) groups excluding carboxylic acids is 1. The molecule has 19 heavy (non-hydrogen) atoms. The quantitative estimate of drug-likeness (QED) is 0.765. The second kappa shape index (κ2) is 4.12. The highest BCUT2D eigenvalue weighted by atomic mass is 16.4. The molecule has 3 rings (SSSR count).